The van der Waals surface area contributed by atoms with E-state index in [1.54, 1.807) is 0 Å². The van der Waals surface area contributed by atoms with Gasteiger partial charge in [-0.3, -0.25) is 5.10 Å². The lowest BCUT2D eigenvalue weighted by Crippen LogP contribution is -2.27. The van der Waals surface area contributed by atoms with Gasteiger partial charge in [-0.05, 0) is 43.6 Å². The molecule has 3 rings (SSSR count). The summed E-state index contributed by atoms with van der Waals surface area (Å²) in [6, 6.07) is 8.43. The molecule has 0 spiro atoms. The van der Waals surface area contributed by atoms with Gasteiger partial charge in [0.15, 0.2) is 0 Å². The average Bonchev–Trinajstić information content (AvgIpc) is 2.90. The predicted molar refractivity (Wildman–Crippen MR) is 76.6 cm³/mol. The van der Waals surface area contributed by atoms with Crippen molar-refractivity contribution in [2.45, 2.75) is 18.8 Å². The molecule has 0 radical (unpaired) electrons. The molecule has 1 aromatic carbocycles. The number of aromatic amines is 1. The van der Waals surface area contributed by atoms with E-state index in [2.05, 4.69) is 55.7 Å². The van der Waals surface area contributed by atoms with Gasteiger partial charge >= 0.3 is 0 Å². The number of nitrogens with zero attached hydrogens (tertiary/aromatic N) is 1. The van der Waals surface area contributed by atoms with Crippen LogP contribution in [0.2, 0.25) is 0 Å². The van der Waals surface area contributed by atoms with E-state index in [-0.39, 0.29) is 0 Å². The highest BCUT2D eigenvalue weighted by molar-refractivity contribution is 9.10. The van der Waals surface area contributed by atoms with Crippen LogP contribution in [0.3, 0.4) is 0 Å². The summed E-state index contributed by atoms with van der Waals surface area (Å²) >= 11 is 3.47. The van der Waals surface area contributed by atoms with Gasteiger partial charge in [0, 0.05) is 21.6 Å². The van der Waals surface area contributed by atoms with Crippen LogP contribution >= 0.6 is 15.9 Å². The molecule has 1 saturated heterocycles. The zero-order valence-electron chi connectivity index (χ0n) is 10.1. The minimum Gasteiger partial charge on any atom is -0.317 e. The van der Waals surface area contributed by atoms with Crippen LogP contribution < -0.4 is 5.32 Å². The first-order valence-corrected chi connectivity index (χ1v) is 7.14. The second-order valence-electron chi connectivity index (χ2n) is 4.73. The van der Waals surface area contributed by atoms with E-state index in [1.807, 2.05) is 6.20 Å². The maximum Gasteiger partial charge on any atom is 0.0568 e. The van der Waals surface area contributed by atoms with Crippen LogP contribution in [0.25, 0.3) is 11.1 Å². The number of aromatic nitrogens is 2. The maximum atomic E-state index is 4.24. The van der Waals surface area contributed by atoms with Crippen molar-refractivity contribution in [1.82, 2.24) is 15.5 Å². The van der Waals surface area contributed by atoms with Gasteiger partial charge in [-0.15, -0.1) is 0 Å². The molecular formula is C14H16BrN3. The van der Waals surface area contributed by atoms with Crippen LogP contribution in [-0.2, 0) is 0 Å². The molecule has 3 nitrogen and oxygen atoms in total. The van der Waals surface area contributed by atoms with Crippen molar-refractivity contribution in [3.63, 3.8) is 0 Å². The molecule has 1 aliphatic rings. The molecule has 0 unspecified atom stereocenters. The van der Waals surface area contributed by atoms with Gasteiger partial charge in [-0.2, -0.15) is 5.10 Å². The van der Waals surface area contributed by atoms with E-state index in [0.29, 0.717) is 5.92 Å². The van der Waals surface area contributed by atoms with Gasteiger partial charge in [0.2, 0.25) is 0 Å². The lowest BCUT2D eigenvalue weighted by atomic mass is 9.90. The fourth-order valence-corrected chi connectivity index (χ4v) is 2.84. The van der Waals surface area contributed by atoms with Crippen LogP contribution in [0.5, 0.6) is 0 Å². The van der Waals surface area contributed by atoms with Crippen LogP contribution in [-0.4, -0.2) is 23.3 Å². The number of piperidine rings is 1. The Labute approximate surface area is 115 Å². The lowest BCUT2D eigenvalue weighted by Gasteiger charge is -2.22. The minimum absolute atomic E-state index is 0.604. The van der Waals surface area contributed by atoms with Crippen molar-refractivity contribution < 1.29 is 0 Å². The van der Waals surface area contributed by atoms with E-state index >= 15 is 0 Å². The Bertz CT molecular complexity index is 512. The second kappa shape index (κ2) is 5.24. The van der Waals surface area contributed by atoms with Crippen LogP contribution in [0.1, 0.15) is 24.5 Å². The highest BCUT2D eigenvalue weighted by Crippen LogP contribution is 2.32. The standard InChI is InChI=1S/C14H16BrN3/c15-12-3-1-10(2-4-12)13-9-17-18-14(13)11-5-7-16-8-6-11/h1-4,9,11,16H,5-8H2,(H,17,18). The van der Waals surface area contributed by atoms with E-state index in [1.165, 1.54) is 29.7 Å². The fourth-order valence-electron chi connectivity index (χ4n) is 2.58. The van der Waals surface area contributed by atoms with Gasteiger partial charge in [-0.25, -0.2) is 0 Å². The molecule has 1 aliphatic heterocycles. The average molecular weight is 306 g/mol. The summed E-state index contributed by atoms with van der Waals surface area (Å²) in [7, 11) is 0. The minimum atomic E-state index is 0.604. The first kappa shape index (κ1) is 11.9. The molecular weight excluding hydrogens is 290 g/mol. The largest absolute Gasteiger partial charge is 0.317 e. The molecule has 2 heterocycles. The van der Waals surface area contributed by atoms with Crippen molar-refractivity contribution in [2.75, 3.05) is 13.1 Å². The van der Waals surface area contributed by atoms with E-state index in [0.717, 1.165) is 17.6 Å². The predicted octanol–water partition coefficient (Wildman–Crippen LogP) is 3.31. The molecule has 0 saturated carbocycles. The summed E-state index contributed by atoms with van der Waals surface area (Å²) in [6.07, 6.45) is 4.32. The number of nitrogens with one attached hydrogen (secondary N) is 2. The third-order valence-electron chi connectivity index (χ3n) is 3.57. The van der Waals surface area contributed by atoms with Gasteiger partial charge in [-0.1, -0.05) is 28.1 Å². The van der Waals surface area contributed by atoms with Gasteiger partial charge in [0.05, 0.1) is 6.20 Å². The quantitative estimate of drug-likeness (QED) is 0.894. The number of halogens is 1. The Hall–Kier alpha value is -1.13. The Morgan fingerprint density at radius 3 is 2.56 bits per heavy atom. The number of hydrogen-bond donors (Lipinski definition) is 2. The zero-order valence-corrected chi connectivity index (χ0v) is 11.7. The third-order valence-corrected chi connectivity index (χ3v) is 4.10. The SMILES string of the molecule is Brc1ccc(-c2cn[nH]c2C2CCNCC2)cc1. The molecule has 0 amide bonds. The lowest BCUT2D eigenvalue weighted by molar-refractivity contribution is 0.453. The molecule has 18 heavy (non-hydrogen) atoms. The van der Waals surface area contributed by atoms with E-state index in [9.17, 15) is 0 Å². The molecule has 94 valence electrons. The van der Waals surface area contributed by atoms with E-state index in [4.69, 9.17) is 0 Å². The fraction of sp³-hybridized carbons (Fsp3) is 0.357. The van der Waals surface area contributed by atoms with E-state index < -0.39 is 0 Å². The Kier molecular flexibility index (Phi) is 3.48. The topological polar surface area (TPSA) is 40.7 Å². The summed E-state index contributed by atoms with van der Waals surface area (Å²) < 4.78 is 1.11. The van der Waals surface area contributed by atoms with Crippen molar-refractivity contribution in [1.29, 1.82) is 0 Å². The summed E-state index contributed by atoms with van der Waals surface area (Å²) in [5, 5.41) is 10.8. The normalized spacial score (nSPS) is 16.9. The summed E-state index contributed by atoms with van der Waals surface area (Å²) in [5.41, 5.74) is 3.77. The Morgan fingerprint density at radius 2 is 1.83 bits per heavy atom. The molecule has 1 fully saturated rings. The van der Waals surface area contributed by atoms with Gasteiger partial charge in [0.25, 0.3) is 0 Å². The number of rotatable bonds is 2. The highest BCUT2D eigenvalue weighted by atomic mass is 79.9. The molecule has 1 aromatic heterocycles. The van der Waals surface area contributed by atoms with Crippen LogP contribution in [0, 0.1) is 0 Å². The van der Waals surface area contributed by atoms with Crippen molar-refractivity contribution in [2.24, 2.45) is 0 Å². The van der Waals surface area contributed by atoms with Crippen LogP contribution in [0.15, 0.2) is 34.9 Å². The number of hydrogen-bond acceptors (Lipinski definition) is 2. The molecule has 2 aromatic rings. The first-order chi connectivity index (χ1) is 8.84. The van der Waals surface area contributed by atoms with Gasteiger partial charge in [0.1, 0.15) is 0 Å². The van der Waals surface area contributed by atoms with Crippen LogP contribution in [0.4, 0.5) is 0 Å². The smallest absolute Gasteiger partial charge is 0.0568 e. The highest BCUT2D eigenvalue weighted by Gasteiger charge is 2.20. The Balaban J connectivity index is 1.93. The van der Waals surface area contributed by atoms with Crippen molar-refractivity contribution in [3.8, 4) is 11.1 Å². The molecule has 0 atom stereocenters. The molecule has 4 heteroatoms. The summed E-state index contributed by atoms with van der Waals surface area (Å²) in [4.78, 5) is 0. The van der Waals surface area contributed by atoms with Gasteiger partial charge < -0.3 is 5.32 Å². The zero-order chi connectivity index (χ0) is 12.4. The third kappa shape index (κ3) is 2.35. The van der Waals surface area contributed by atoms with Crippen molar-refractivity contribution in [3.05, 3.63) is 40.6 Å². The number of benzene rings is 1. The number of H-pyrrole nitrogens is 1. The maximum absolute atomic E-state index is 4.24. The summed E-state index contributed by atoms with van der Waals surface area (Å²) in [6.45, 7) is 2.20. The van der Waals surface area contributed by atoms with Crippen molar-refractivity contribution >= 4 is 15.9 Å². The molecule has 2 N–H and O–H groups in total. The summed E-state index contributed by atoms with van der Waals surface area (Å²) in [5.74, 6) is 0.604. The second-order valence-corrected chi connectivity index (χ2v) is 5.64. The molecule has 0 bridgehead atoms. The molecule has 0 aliphatic carbocycles. The first-order valence-electron chi connectivity index (χ1n) is 6.34. The Morgan fingerprint density at radius 1 is 1.11 bits per heavy atom. The monoisotopic (exact) mass is 305 g/mol.